The summed E-state index contributed by atoms with van der Waals surface area (Å²) in [5, 5.41) is 10.6. The van der Waals surface area contributed by atoms with E-state index in [9.17, 15) is 5.11 Å². The number of aliphatic hydroxyl groups is 1. The molecule has 2 unspecified atom stereocenters. The van der Waals surface area contributed by atoms with Gasteiger partial charge in [-0.3, -0.25) is 0 Å². The predicted molar refractivity (Wildman–Crippen MR) is 59.1 cm³/mol. The van der Waals surface area contributed by atoms with Crippen LogP contribution >= 0.6 is 11.6 Å². The van der Waals surface area contributed by atoms with Crippen molar-refractivity contribution in [2.75, 3.05) is 0 Å². The van der Waals surface area contributed by atoms with E-state index in [0.717, 1.165) is 0 Å². The van der Waals surface area contributed by atoms with Crippen molar-refractivity contribution < 1.29 is 9.84 Å². The zero-order valence-electron chi connectivity index (χ0n) is 8.70. The number of halogens is 1. The lowest BCUT2D eigenvalue weighted by atomic mass is 9.87. The van der Waals surface area contributed by atoms with Crippen molar-refractivity contribution in [3.63, 3.8) is 0 Å². The molecule has 15 heavy (non-hydrogen) atoms. The largest absolute Gasteiger partial charge is 0.486 e. The molecule has 4 heteroatoms. The molecule has 0 bridgehead atoms. The van der Waals surface area contributed by atoms with E-state index in [1.807, 2.05) is 13.8 Å². The van der Waals surface area contributed by atoms with E-state index >= 15 is 0 Å². The van der Waals surface area contributed by atoms with Gasteiger partial charge in [-0.25, -0.2) is 0 Å². The van der Waals surface area contributed by atoms with Gasteiger partial charge in [-0.05, 0) is 32.0 Å². The maximum atomic E-state index is 10.0. The van der Waals surface area contributed by atoms with Crippen molar-refractivity contribution in [3.05, 3.63) is 28.8 Å². The van der Waals surface area contributed by atoms with Crippen molar-refractivity contribution in [2.45, 2.75) is 31.6 Å². The number of fused-ring (bicyclic) bond motifs is 1. The minimum absolute atomic E-state index is 0.455. The highest BCUT2D eigenvalue weighted by molar-refractivity contribution is 6.30. The third-order valence-electron chi connectivity index (χ3n) is 2.81. The van der Waals surface area contributed by atoms with E-state index in [-0.39, 0.29) is 0 Å². The van der Waals surface area contributed by atoms with Crippen LogP contribution in [0.5, 0.6) is 5.75 Å². The van der Waals surface area contributed by atoms with Gasteiger partial charge in [-0.2, -0.15) is 0 Å². The van der Waals surface area contributed by atoms with E-state index in [0.29, 0.717) is 16.3 Å². The lowest BCUT2D eigenvalue weighted by Gasteiger charge is -2.40. The molecule has 1 aromatic carbocycles. The van der Waals surface area contributed by atoms with Crippen LogP contribution in [-0.2, 0) is 0 Å². The Balaban J connectivity index is 2.50. The van der Waals surface area contributed by atoms with Gasteiger partial charge in [0.05, 0.1) is 6.04 Å². The van der Waals surface area contributed by atoms with Crippen LogP contribution in [0.4, 0.5) is 0 Å². The molecule has 0 aromatic heterocycles. The summed E-state index contributed by atoms with van der Waals surface area (Å²) in [7, 11) is 0. The van der Waals surface area contributed by atoms with Crippen LogP contribution in [0, 0.1) is 0 Å². The molecule has 3 N–H and O–H groups in total. The predicted octanol–water partition coefficient (Wildman–Crippen LogP) is 1.87. The summed E-state index contributed by atoms with van der Waals surface area (Å²) in [4.78, 5) is 0. The zero-order chi connectivity index (χ0) is 11.2. The normalized spacial score (nSPS) is 28.1. The van der Waals surface area contributed by atoms with Gasteiger partial charge in [0.25, 0.3) is 0 Å². The summed E-state index contributed by atoms with van der Waals surface area (Å²) in [5.41, 5.74) is 6.00. The molecule has 1 heterocycles. The Bertz CT molecular complexity index is 392. The first-order valence-electron chi connectivity index (χ1n) is 4.84. The van der Waals surface area contributed by atoms with E-state index in [2.05, 4.69) is 0 Å². The third-order valence-corrected chi connectivity index (χ3v) is 3.04. The number of rotatable bonds is 0. The fraction of sp³-hybridized carbons (Fsp3) is 0.455. The topological polar surface area (TPSA) is 55.5 Å². The van der Waals surface area contributed by atoms with E-state index in [1.54, 1.807) is 18.2 Å². The molecular weight excluding hydrogens is 214 g/mol. The number of hydrogen-bond acceptors (Lipinski definition) is 3. The van der Waals surface area contributed by atoms with Gasteiger partial charge in [-0.1, -0.05) is 11.6 Å². The Morgan fingerprint density at radius 1 is 1.47 bits per heavy atom. The Hall–Kier alpha value is -0.770. The Morgan fingerprint density at radius 3 is 2.80 bits per heavy atom. The molecular formula is C11H14ClNO2. The van der Waals surface area contributed by atoms with E-state index < -0.39 is 17.7 Å². The highest BCUT2D eigenvalue weighted by Crippen LogP contribution is 2.39. The number of hydrogen-bond donors (Lipinski definition) is 2. The number of benzene rings is 1. The van der Waals surface area contributed by atoms with Gasteiger partial charge in [0.15, 0.2) is 0 Å². The second-order valence-corrected chi connectivity index (χ2v) is 4.79. The maximum absolute atomic E-state index is 10.0. The van der Waals surface area contributed by atoms with Crippen LogP contribution in [0.15, 0.2) is 18.2 Å². The monoisotopic (exact) mass is 227 g/mol. The Kier molecular flexibility index (Phi) is 2.41. The number of aliphatic hydroxyl groups excluding tert-OH is 1. The van der Waals surface area contributed by atoms with Gasteiger partial charge in [0.2, 0.25) is 0 Å². The second-order valence-electron chi connectivity index (χ2n) is 4.36. The number of ether oxygens (including phenoxy) is 1. The van der Waals surface area contributed by atoms with Crippen LogP contribution in [-0.4, -0.2) is 16.7 Å². The summed E-state index contributed by atoms with van der Waals surface area (Å²) in [6.07, 6.45) is -0.734. The van der Waals surface area contributed by atoms with Gasteiger partial charge in [0.1, 0.15) is 17.5 Å². The third kappa shape index (κ3) is 1.71. The molecule has 2 rings (SSSR count). The fourth-order valence-electron chi connectivity index (χ4n) is 1.77. The minimum atomic E-state index is -0.734. The summed E-state index contributed by atoms with van der Waals surface area (Å²) in [6.45, 7) is 3.72. The van der Waals surface area contributed by atoms with Crippen molar-refractivity contribution >= 4 is 11.6 Å². The molecule has 0 spiro atoms. The van der Waals surface area contributed by atoms with Crippen LogP contribution in [0.1, 0.15) is 25.5 Å². The van der Waals surface area contributed by atoms with Crippen LogP contribution in [0.2, 0.25) is 5.02 Å². The molecule has 1 aromatic rings. The van der Waals surface area contributed by atoms with Gasteiger partial charge < -0.3 is 15.6 Å². The zero-order valence-corrected chi connectivity index (χ0v) is 9.45. The fourth-order valence-corrected chi connectivity index (χ4v) is 1.95. The highest BCUT2D eigenvalue weighted by Gasteiger charge is 2.40. The van der Waals surface area contributed by atoms with Crippen LogP contribution in [0.3, 0.4) is 0 Å². The average molecular weight is 228 g/mol. The van der Waals surface area contributed by atoms with E-state index in [1.165, 1.54) is 0 Å². The Morgan fingerprint density at radius 2 is 2.13 bits per heavy atom. The SMILES string of the molecule is CC1(C)Oc2ccc(Cl)cc2C(O)C1N. The molecule has 0 radical (unpaired) electrons. The average Bonchev–Trinajstić information content (AvgIpc) is 2.16. The quantitative estimate of drug-likeness (QED) is 0.712. The second kappa shape index (κ2) is 3.37. The molecule has 0 aliphatic carbocycles. The lowest BCUT2D eigenvalue weighted by Crippen LogP contribution is -2.53. The van der Waals surface area contributed by atoms with Crippen molar-refractivity contribution in [1.29, 1.82) is 0 Å². The summed E-state index contributed by atoms with van der Waals surface area (Å²) in [6, 6.07) is 4.73. The van der Waals surface area contributed by atoms with Crippen molar-refractivity contribution in [1.82, 2.24) is 0 Å². The summed E-state index contributed by atoms with van der Waals surface area (Å²) in [5.74, 6) is 0.651. The minimum Gasteiger partial charge on any atom is -0.486 e. The summed E-state index contributed by atoms with van der Waals surface area (Å²) < 4.78 is 5.71. The standard InChI is InChI=1S/C11H14ClNO2/c1-11(2)10(13)9(14)7-5-6(12)3-4-8(7)15-11/h3-5,9-10,14H,13H2,1-2H3. The molecule has 0 saturated heterocycles. The van der Waals surface area contributed by atoms with Crippen molar-refractivity contribution in [2.24, 2.45) is 5.73 Å². The first kappa shape index (κ1) is 10.7. The van der Waals surface area contributed by atoms with Gasteiger partial charge in [-0.15, -0.1) is 0 Å². The molecule has 0 amide bonds. The molecule has 1 aliphatic rings. The smallest absolute Gasteiger partial charge is 0.126 e. The van der Waals surface area contributed by atoms with Crippen LogP contribution < -0.4 is 10.5 Å². The Labute approximate surface area is 93.8 Å². The maximum Gasteiger partial charge on any atom is 0.126 e. The molecule has 2 atom stereocenters. The first-order valence-corrected chi connectivity index (χ1v) is 5.22. The first-order chi connectivity index (χ1) is 6.92. The van der Waals surface area contributed by atoms with Gasteiger partial charge in [0, 0.05) is 10.6 Å². The summed E-state index contributed by atoms with van der Waals surface area (Å²) >= 11 is 5.85. The van der Waals surface area contributed by atoms with E-state index in [4.69, 9.17) is 22.1 Å². The van der Waals surface area contributed by atoms with Crippen molar-refractivity contribution in [3.8, 4) is 5.75 Å². The number of nitrogens with two attached hydrogens (primary N) is 1. The molecule has 3 nitrogen and oxygen atoms in total. The molecule has 0 saturated carbocycles. The molecule has 0 fully saturated rings. The highest BCUT2D eigenvalue weighted by atomic mass is 35.5. The lowest BCUT2D eigenvalue weighted by molar-refractivity contribution is -0.0117. The van der Waals surface area contributed by atoms with Gasteiger partial charge >= 0.3 is 0 Å². The molecule has 82 valence electrons. The van der Waals surface area contributed by atoms with Crippen LogP contribution in [0.25, 0.3) is 0 Å². The molecule has 1 aliphatic heterocycles.